The summed E-state index contributed by atoms with van der Waals surface area (Å²) in [6, 6.07) is 2.71. The van der Waals surface area contributed by atoms with Gasteiger partial charge in [0.25, 0.3) is 5.56 Å². The van der Waals surface area contributed by atoms with Gasteiger partial charge in [0.1, 0.15) is 0 Å². The number of benzene rings is 1. The standard InChI is InChI=1S/C17H16F3N3O2S/c1-2-3-9-6-14(25)23-10(8-26-17(23)21-9)7-13(24)22-12-5-4-11(18)15(19)16(12)20/h4-6,10H,2-3,7-8H2,1H3,(H,22,24). The lowest BCUT2D eigenvalue weighted by Gasteiger charge is -2.14. The predicted molar refractivity (Wildman–Crippen MR) is 91.8 cm³/mol. The van der Waals surface area contributed by atoms with Crippen LogP contribution in [0.2, 0.25) is 0 Å². The fourth-order valence-corrected chi connectivity index (χ4v) is 3.94. The Kier molecular flexibility index (Phi) is 5.36. The van der Waals surface area contributed by atoms with Gasteiger partial charge in [-0.25, -0.2) is 18.2 Å². The number of nitrogens with zero attached hydrogens (tertiary/aromatic N) is 2. The number of nitrogens with one attached hydrogen (secondary N) is 1. The van der Waals surface area contributed by atoms with E-state index in [0.717, 1.165) is 18.6 Å². The first-order valence-electron chi connectivity index (χ1n) is 8.09. The number of aromatic nitrogens is 2. The zero-order chi connectivity index (χ0) is 18.8. The molecule has 1 aliphatic rings. The van der Waals surface area contributed by atoms with Gasteiger partial charge in [-0.1, -0.05) is 25.1 Å². The normalized spacial score (nSPS) is 15.8. The molecule has 5 nitrogen and oxygen atoms in total. The molecule has 2 heterocycles. The molecule has 0 saturated heterocycles. The van der Waals surface area contributed by atoms with Crippen molar-refractivity contribution >= 4 is 23.4 Å². The molecule has 138 valence electrons. The van der Waals surface area contributed by atoms with E-state index in [0.29, 0.717) is 23.0 Å². The fraction of sp³-hybridized carbons (Fsp3) is 0.353. The average Bonchev–Trinajstić information content (AvgIpc) is 2.99. The Morgan fingerprint density at radius 2 is 2.12 bits per heavy atom. The van der Waals surface area contributed by atoms with Crippen molar-refractivity contribution in [3.8, 4) is 0 Å². The molecule has 1 amide bonds. The summed E-state index contributed by atoms with van der Waals surface area (Å²) in [6.45, 7) is 1.99. The van der Waals surface area contributed by atoms with Crippen LogP contribution in [0, 0.1) is 17.5 Å². The molecule has 1 aromatic heterocycles. The number of anilines is 1. The number of aryl methyl sites for hydroxylation is 1. The van der Waals surface area contributed by atoms with Crippen LogP contribution in [0.3, 0.4) is 0 Å². The minimum absolute atomic E-state index is 0.104. The Balaban J connectivity index is 1.75. The van der Waals surface area contributed by atoms with Crippen LogP contribution >= 0.6 is 11.8 Å². The second-order valence-corrected chi connectivity index (χ2v) is 6.92. The van der Waals surface area contributed by atoms with Crippen molar-refractivity contribution in [2.45, 2.75) is 37.4 Å². The van der Waals surface area contributed by atoms with Gasteiger partial charge in [0.15, 0.2) is 22.6 Å². The number of rotatable bonds is 5. The average molecular weight is 383 g/mol. The number of amides is 1. The van der Waals surface area contributed by atoms with Gasteiger partial charge in [-0.2, -0.15) is 0 Å². The molecular weight excluding hydrogens is 367 g/mol. The number of halogens is 3. The molecule has 0 fully saturated rings. The van der Waals surface area contributed by atoms with Gasteiger partial charge in [0.05, 0.1) is 11.7 Å². The monoisotopic (exact) mass is 383 g/mol. The zero-order valence-corrected chi connectivity index (χ0v) is 14.7. The van der Waals surface area contributed by atoms with Gasteiger partial charge in [-0.3, -0.25) is 14.2 Å². The highest BCUT2D eigenvalue weighted by Gasteiger charge is 2.28. The summed E-state index contributed by atoms with van der Waals surface area (Å²) in [5, 5.41) is 2.77. The first kappa shape index (κ1) is 18.5. The van der Waals surface area contributed by atoms with Crippen LogP contribution in [0.15, 0.2) is 28.2 Å². The van der Waals surface area contributed by atoms with Gasteiger partial charge in [0.2, 0.25) is 5.91 Å². The van der Waals surface area contributed by atoms with E-state index in [1.165, 1.54) is 22.4 Å². The number of thioether (sulfide) groups is 1. The van der Waals surface area contributed by atoms with Crippen molar-refractivity contribution in [2.75, 3.05) is 11.1 Å². The Morgan fingerprint density at radius 3 is 2.85 bits per heavy atom. The second-order valence-electron chi connectivity index (χ2n) is 5.93. The van der Waals surface area contributed by atoms with Crippen molar-refractivity contribution in [1.29, 1.82) is 0 Å². The Bertz CT molecular complexity index is 917. The molecule has 9 heteroatoms. The van der Waals surface area contributed by atoms with Crippen LogP contribution < -0.4 is 10.9 Å². The quantitative estimate of drug-likeness (QED) is 0.636. The van der Waals surface area contributed by atoms with Gasteiger partial charge in [-0.05, 0) is 18.6 Å². The maximum Gasteiger partial charge on any atom is 0.254 e. The van der Waals surface area contributed by atoms with Crippen molar-refractivity contribution in [3.05, 3.63) is 51.7 Å². The zero-order valence-electron chi connectivity index (χ0n) is 13.9. The summed E-state index contributed by atoms with van der Waals surface area (Å²) in [5.41, 5.74) is 0.0361. The van der Waals surface area contributed by atoms with Crippen molar-refractivity contribution < 1.29 is 18.0 Å². The summed E-state index contributed by atoms with van der Waals surface area (Å²) in [6.07, 6.45) is 1.46. The Labute approximate surface area is 151 Å². The molecule has 3 rings (SSSR count). The van der Waals surface area contributed by atoms with Crippen LogP contribution in [-0.4, -0.2) is 21.2 Å². The third-order valence-corrected chi connectivity index (χ3v) is 5.08. The number of hydrogen-bond donors (Lipinski definition) is 1. The molecule has 0 radical (unpaired) electrons. The molecule has 1 N–H and O–H groups in total. The van der Waals surface area contributed by atoms with Crippen molar-refractivity contribution in [1.82, 2.24) is 9.55 Å². The molecule has 2 aromatic rings. The molecule has 0 saturated carbocycles. The molecule has 0 spiro atoms. The Hall–Kier alpha value is -2.29. The lowest BCUT2D eigenvalue weighted by atomic mass is 10.2. The molecule has 1 unspecified atom stereocenters. The third kappa shape index (κ3) is 3.62. The van der Waals surface area contributed by atoms with Gasteiger partial charge < -0.3 is 5.32 Å². The summed E-state index contributed by atoms with van der Waals surface area (Å²) in [4.78, 5) is 28.9. The SMILES string of the molecule is CCCc1cc(=O)n2c(n1)SCC2CC(=O)Nc1ccc(F)c(F)c1F. The second kappa shape index (κ2) is 7.53. The van der Waals surface area contributed by atoms with Crippen LogP contribution in [0.25, 0.3) is 0 Å². The van der Waals surface area contributed by atoms with Gasteiger partial charge in [-0.15, -0.1) is 0 Å². The lowest BCUT2D eigenvalue weighted by Crippen LogP contribution is -2.28. The lowest BCUT2D eigenvalue weighted by molar-refractivity contribution is -0.116. The third-order valence-electron chi connectivity index (χ3n) is 3.98. The summed E-state index contributed by atoms with van der Waals surface area (Å²) >= 11 is 1.37. The first-order chi connectivity index (χ1) is 12.4. The largest absolute Gasteiger partial charge is 0.323 e. The van der Waals surface area contributed by atoms with Crippen LogP contribution in [0.1, 0.15) is 31.5 Å². The van der Waals surface area contributed by atoms with E-state index >= 15 is 0 Å². The van der Waals surface area contributed by atoms with Crippen molar-refractivity contribution in [3.63, 3.8) is 0 Å². The van der Waals surface area contributed by atoms with E-state index in [9.17, 15) is 22.8 Å². The van der Waals surface area contributed by atoms with Crippen LogP contribution in [0.5, 0.6) is 0 Å². The molecule has 0 bridgehead atoms. The maximum atomic E-state index is 13.7. The van der Waals surface area contributed by atoms with E-state index in [1.807, 2.05) is 6.92 Å². The highest BCUT2D eigenvalue weighted by Crippen LogP contribution is 2.32. The molecule has 0 aliphatic carbocycles. The minimum atomic E-state index is -1.64. The summed E-state index contributed by atoms with van der Waals surface area (Å²) in [7, 11) is 0. The Morgan fingerprint density at radius 1 is 1.35 bits per heavy atom. The van der Waals surface area contributed by atoms with E-state index in [4.69, 9.17) is 0 Å². The maximum absolute atomic E-state index is 13.7. The minimum Gasteiger partial charge on any atom is -0.323 e. The van der Waals surface area contributed by atoms with E-state index in [2.05, 4.69) is 10.3 Å². The predicted octanol–water partition coefficient (Wildman–Crippen LogP) is 3.29. The van der Waals surface area contributed by atoms with Gasteiger partial charge in [0, 0.05) is 23.9 Å². The molecule has 26 heavy (non-hydrogen) atoms. The van der Waals surface area contributed by atoms with Gasteiger partial charge >= 0.3 is 0 Å². The molecular formula is C17H16F3N3O2S. The van der Waals surface area contributed by atoms with E-state index < -0.39 is 35.1 Å². The first-order valence-corrected chi connectivity index (χ1v) is 9.07. The fourth-order valence-electron chi connectivity index (χ4n) is 2.77. The molecule has 1 aromatic carbocycles. The summed E-state index contributed by atoms with van der Waals surface area (Å²) in [5.74, 6) is -4.55. The van der Waals surface area contributed by atoms with Crippen LogP contribution in [-0.2, 0) is 11.2 Å². The van der Waals surface area contributed by atoms with E-state index in [-0.39, 0.29) is 12.0 Å². The smallest absolute Gasteiger partial charge is 0.254 e. The number of carbonyl (C=O) groups is 1. The summed E-state index contributed by atoms with van der Waals surface area (Å²) < 4.78 is 41.3. The number of carbonyl (C=O) groups excluding carboxylic acids is 1. The highest BCUT2D eigenvalue weighted by molar-refractivity contribution is 7.99. The topological polar surface area (TPSA) is 64.0 Å². The number of fused-ring (bicyclic) bond motifs is 1. The molecule has 1 aliphatic heterocycles. The molecule has 1 atom stereocenters. The highest BCUT2D eigenvalue weighted by atomic mass is 32.2. The van der Waals surface area contributed by atoms with E-state index in [1.54, 1.807) is 0 Å². The number of hydrogen-bond acceptors (Lipinski definition) is 4. The van der Waals surface area contributed by atoms with Crippen molar-refractivity contribution in [2.24, 2.45) is 0 Å². The van der Waals surface area contributed by atoms with Crippen LogP contribution in [0.4, 0.5) is 18.9 Å².